The summed E-state index contributed by atoms with van der Waals surface area (Å²) in [5.41, 5.74) is 2.82. The molecule has 4 nitrogen and oxygen atoms in total. The molecule has 0 aliphatic rings. The van der Waals surface area contributed by atoms with E-state index in [2.05, 4.69) is 31.0 Å². The maximum Gasteiger partial charge on any atom is 0.255 e. The maximum atomic E-state index is 12.2. The van der Waals surface area contributed by atoms with Crippen molar-refractivity contribution in [3.63, 3.8) is 0 Å². The number of nitrogens with zero attached hydrogens (tertiary/aromatic N) is 2. The molecular formula is C19H21N3O. The number of hydrogen-bond donors (Lipinski definition) is 1. The normalized spacial score (nSPS) is 10.2. The van der Waals surface area contributed by atoms with Crippen LogP contribution in [-0.4, -0.2) is 18.5 Å². The lowest BCUT2D eigenvalue weighted by molar-refractivity contribution is 0.102. The van der Waals surface area contributed by atoms with Gasteiger partial charge in [0.15, 0.2) is 0 Å². The molecule has 0 saturated heterocycles. The number of hydrogen-bond acceptors (Lipinski definition) is 3. The average Bonchev–Trinajstić information content (AvgIpc) is 2.56. The number of carbonyl (C=O) groups excluding carboxylic acids is 1. The van der Waals surface area contributed by atoms with E-state index in [4.69, 9.17) is 5.26 Å². The largest absolute Gasteiger partial charge is 0.369 e. The van der Waals surface area contributed by atoms with Crippen LogP contribution in [0.4, 0.5) is 11.4 Å². The molecule has 2 aromatic rings. The van der Waals surface area contributed by atoms with Crippen LogP contribution in [0, 0.1) is 11.3 Å². The third kappa shape index (κ3) is 4.10. The second-order valence-electron chi connectivity index (χ2n) is 5.57. The van der Waals surface area contributed by atoms with Crippen LogP contribution in [0.25, 0.3) is 0 Å². The summed E-state index contributed by atoms with van der Waals surface area (Å²) >= 11 is 0. The zero-order valence-corrected chi connectivity index (χ0v) is 13.7. The Kier molecular flexibility index (Phi) is 5.37. The Hall–Kier alpha value is -2.80. The first kappa shape index (κ1) is 16.6. The Morgan fingerprint density at radius 3 is 2.48 bits per heavy atom. The summed E-state index contributed by atoms with van der Waals surface area (Å²) in [6, 6.07) is 16.9. The van der Waals surface area contributed by atoms with Crippen LogP contribution in [0.15, 0.2) is 48.5 Å². The van der Waals surface area contributed by atoms with Gasteiger partial charge in [-0.3, -0.25) is 4.79 Å². The fraction of sp³-hybridized carbons (Fsp3) is 0.263. The van der Waals surface area contributed by atoms with Crippen LogP contribution in [-0.2, 0) is 0 Å². The number of benzene rings is 2. The second-order valence-corrected chi connectivity index (χ2v) is 5.57. The van der Waals surface area contributed by atoms with Gasteiger partial charge in [-0.15, -0.1) is 0 Å². The maximum absolute atomic E-state index is 12.2. The van der Waals surface area contributed by atoms with E-state index in [1.54, 1.807) is 24.3 Å². The Balaban J connectivity index is 2.11. The first-order valence-corrected chi connectivity index (χ1v) is 7.73. The highest BCUT2D eigenvalue weighted by Gasteiger charge is 2.10. The van der Waals surface area contributed by atoms with E-state index in [1.807, 2.05) is 30.3 Å². The Labute approximate surface area is 137 Å². The lowest BCUT2D eigenvalue weighted by Crippen LogP contribution is -2.30. The molecule has 1 amide bonds. The van der Waals surface area contributed by atoms with E-state index >= 15 is 0 Å². The molecule has 0 fully saturated rings. The smallest absolute Gasteiger partial charge is 0.255 e. The van der Waals surface area contributed by atoms with Crippen LogP contribution >= 0.6 is 0 Å². The van der Waals surface area contributed by atoms with Crippen molar-refractivity contribution >= 4 is 17.3 Å². The molecule has 0 atom stereocenters. The molecule has 0 saturated carbocycles. The van der Waals surface area contributed by atoms with Crippen molar-refractivity contribution in [1.82, 2.24) is 0 Å². The van der Waals surface area contributed by atoms with Gasteiger partial charge in [0.2, 0.25) is 0 Å². The number of carbonyl (C=O) groups is 1. The molecule has 0 aliphatic heterocycles. The highest BCUT2D eigenvalue weighted by atomic mass is 16.1. The molecule has 2 rings (SSSR count). The monoisotopic (exact) mass is 307 g/mol. The molecule has 0 bridgehead atoms. The Morgan fingerprint density at radius 1 is 1.22 bits per heavy atom. The van der Waals surface area contributed by atoms with Gasteiger partial charge in [0.1, 0.15) is 0 Å². The Bertz CT molecular complexity index is 714. The van der Waals surface area contributed by atoms with Crippen molar-refractivity contribution in [2.24, 2.45) is 0 Å². The van der Waals surface area contributed by atoms with E-state index in [0.717, 1.165) is 17.9 Å². The Morgan fingerprint density at radius 2 is 1.91 bits per heavy atom. The van der Waals surface area contributed by atoms with E-state index in [9.17, 15) is 4.79 Å². The minimum Gasteiger partial charge on any atom is -0.369 e. The van der Waals surface area contributed by atoms with Gasteiger partial charge in [0.25, 0.3) is 5.91 Å². The van der Waals surface area contributed by atoms with Crippen LogP contribution < -0.4 is 10.2 Å². The predicted molar refractivity (Wildman–Crippen MR) is 93.7 cm³/mol. The molecule has 2 aromatic carbocycles. The number of amides is 1. The minimum atomic E-state index is -0.217. The fourth-order valence-electron chi connectivity index (χ4n) is 2.52. The number of nitrogens with one attached hydrogen (secondary N) is 1. The highest BCUT2D eigenvalue weighted by Crippen LogP contribution is 2.20. The molecule has 118 valence electrons. The number of anilines is 2. The SMILES string of the molecule is CCN(c1ccc(NC(=O)c2cccc(C#N)c2)cc1)C(C)C. The first-order valence-electron chi connectivity index (χ1n) is 7.73. The van der Waals surface area contributed by atoms with Crippen molar-refractivity contribution in [3.05, 3.63) is 59.7 Å². The van der Waals surface area contributed by atoms with Gasteiger partial charge in [-0.1, -0.05) is 6.07 Å². The first-order chi connectivity index (χ1) is 11.0. The van der Waals surface area contributed by atoms with E-state index < -0.39 is 0 Å². The molecule has 0 spiro atoms. The van der Waals surface area contributed by atoms with Gasteiger partial charge < -0.3 is 10.2 Å². The van der Waals surface area contributed by atoms with Gasteiger partial charge in [-0.05, 0) is 63.2 Å². The fourth-order valence-corrected chi connectivity index (χ4v) is 2.52. The molecule has 23 heavy (non-hydrogen) atoms. The molecular weight excluding hydrogens is 286 g/mol. The van der Waals surface area contributed by atoms with Gasteiger partial charge in [0, 0.05) is 29.5 Å². The lowest BCUT2D eigenvalue weighted by atomic mass is 10.1. The van der Waals surface area contributed by atoms with Gasteiger partial charge in [-0.25, -0.2) is 0 Å². The molecule has 1 N–H and O–H groups in total. The third-order valence-corrected chi connectivity index (χ3v) is 3.67. The topological polar surface area (TPSA) is 56.1 Å². The van der Waals surface area contributed by atoms with Crippen molar-refractivity contribution in [1.29, 1.82) is 5.26 Å². The number of nitriles is 1. The van der Waals surface area contributed by atoms with E-state index in [1.165, 1.54) is 0 Å². The molecule has 0 aliphatic carbocycles. The average molecular weight is 307 g/mol. The van der Waals surface area contributed by atoms with Gasteiger partial charge in [-0.2, -0.15) is 5.26 Å². The van der Waals surface area contributed by atoms with E-state index in [-0.39, 0.29) is 5.91 Å². The summed E-state index contributed by atoms with van der Waals surface area (Å²) in [6.45, 7) is 7.37. The van der Waals surface area contributed by atoms with Gasteiger partial charge >= 0.3 is 0 Å². The van der Waals surface area contributed by atoms with E-state index in [0.29, 0.717) is 17.2 Å². The van der Waals surface area contributed by atoms with Crippen molar-refractivity contribution < 1.29 is 4.79 Å². The van der Waals surface area contributed by atoms with Crippen LogP contribution in [0.5, 0.6) is 0 Å². The summed E-state index contributed by atoms with van der Waals surface area (Å²) < 4.78 is 0. The summed E-state index contributed by atoms with van der Waals surface area (Å²) in [5.74, 6) is -0.217. The molecule has 4 heteroatoms. The summed E-state index contributed by atoms with van der Waals surface area (Å²) in [4.78, 5) is 14.5. The molecule has 0 aromatic heterocycles. The minimum absolute atomic E-state index is 0.217. The van der Waals surface area contributed by atoms with Crippen molar-refractivity contribution in [2.75, 3.05) is 16.8 Å². The zero-order chi connectivity index (χ0) is 16.8. The zero-order valence-electron chi connectivity index (χ0n) is 13.7. The lowest BCUT2D eigenvalue weighted by Gasteiger charge is -2.27. The molecule has 0 unspecified atom stereocenters. The second kappa shape index (κ2) is 7.46. The molecule has 0 radical (unpaired) electrons. The molecule has 0 heterocycles. The standard InChI is InChI=1S/C19H21N3O/c1-4-22(14(2)3)18-10-8-17(9-11-18)21-19(23)16-7-5-6-15(12-16)13-20/h5-12,14H,4H2,1-3H3,(H,21,23). The van der Waals surface area contributed by atoms with Crippen LogP contribution in [0.2, 0.25) is 0 Å². The summed E-state index contributed by atoms with van der Waals surface area (Å²) in [6.07, 6.45) is 0. The van der Waals surface area contributed by atoms with Crippen molar-refractivity contribution in [2.45, 2.75) is 26.8 Å². The predicted octanol–water partition coefficient (Wildman–Crippen LogP) is 4.05. The summed E-state index contributed by atoms with van der Waals surface area (Å²) in [7, 11) is 0. The van der Waals surface area contributed by atoms with Crippen LogP contribution in [0.1, 0.15) is 36.7 Å². The summed E-state index contributed by atoms with van der Waals surface area (Å²) in [5, 5.41) is 11.8. The number of rotatable bonds is 5. The van der Waals surface area contributed by atoms with Gasteiger partial charge in [0.05, 0.1) is 11.6 Å². The van der Waals surface area contributed by atoms with Crippen LogP contribution in [0.3, 0.4) is 0 Å². The quantitative estimate of drug-likeness (QED) is 0.906. The third-order valence-electron chi connectivity index (χ3n) is 3.67. The van der Waals surface area contributed by atoms with Crippen molar-refractivity contribution in [3.8, 4) is 6.07 Å². The highest BCUT2D eigenvalue weighted by molar-refractivity contribution is 6.04.